The molecule has 0 unspecified atom stereocenters. The van der Waals surface area contributed by atoms with Crippen LogP contribution in [0.3, 0.4) is 0 Å². The van der Waals surface area contributed by atoms with Gasteiger partial charge in [0.25, 0.3) is 0 Å². The van der Waals surface area contributed by atoms with Crippen molar-refractivity contribution in [2.24, 2.45) is 0 Å². The van der Waals surface area contributed by atoms with Gasteiger partial charge in [-0.05, 0) is 6.42 Å². The summed E-state index contributed by atoms with van der Waals surface area (Å²) in [7, 11) is -3.18. The summed E-state index contributed by atoms with van der Waals surface area (Å²) in [5.74, 6) is -0.771. The van der Waals surface area contributed by atoms with Crippen LogP contribution in [0.1, 0.15) is 32.6 Å². The summed E-state index contributed by atoms with van der Waals surface area (Å²) in [6.45, 7) is 1.28. The fourth-order valence-corrected chi connectivity index (χ4v) is 1.29. The van der Waals surface area contributed by atoms with E-state index < -0.39 is 22.8 Å². The van der Waals surface area contributed by atoms with Crippen molar-refractivity contribution in [1.82, 2.24) is 0 Å². The zero-order chi connectivity index (χ0) is 12.6. The van der Waals surface area contributed by atoms with Gasteiger partial charge in [-0.25, -0.2) is 4.18 Å². The zero-order valence-corrected chi connectivity index (χ0v) is 10.2. The van der Waals surface area contributed by atoms with Crippen molar-refractivity contribution in [3.8, 4) is 0 Å². The SMILES string of the molecule is CCCCC(=O)CC(=O)COS(=O)(=O)OC. The van der Waals surface area contributed by atoms with Crippen LogP contribution in [0.5, 0.6) is 0 Å². The van der Waals surface area contributed by atoms with E-state index in [2.05, 4.69) is 8.37 Å². The van der Waals surface area contributed by atoms with Gasteiger partial charge in [0.1, 0.15) is 12.4 Å². The molecular formula is C9H16O6S. The lowest BCUT2D eigenvalue weighted by Gasteiger charge is -2.02. The largest absolute Gasteiger partial charge is 0.400 e. The Balaban J connectivity index is 3.87. The van der Waals surface area contributed by atoms with Crippen LogP contribution in [0, 0.1) is 0 Å². The van der Waals surface area contributed by atoms with E-state index in [1.54, 1.807) is 0 Å². The first-order chi connectivity index (χ1) is 7.41. The molecule has 0 aliphatic heterocycles. The lowest BCUT2D eigenvalue weighted by Crippen LogP contribution is -2.17. The molecule has 94 valence electrons. The summed E-state index contributed by atoms with van der Waals surface area (Å²) in [6.07, 6.45) is 1.64. The van der Waals surface area contributed by atoms with Crippen LogP contribution in [0.15, 0.2) is 0 Å². The van der Waals surface area contributed by atoms with Gasteiger partial charge in [0.2, 0.25) is 0 Å². The standard InChI is InChI=1S/C9H16O6S/c1-3-4-5-8(10)6-9(11)7-15-16(12,13)14-2/h3-7H2,1-2H3. The molecule has 0 N–H and O–H groups in total. The second-order valence-electron chi connectivity index (χ2n) is 3.19. The van der Waals surface area contributed by atoms with E-state index in [-0.39, 0.29) is 12.2 Å². The van der Waals surface area contributed by atoms with Gasteiger partial charge in [-0.15, -0.1) is 0 Å². The number of ketones is 2. The molecule has 0 atom stereocenters. The van der Waals surface area contributed by atoms with Crippen LogP contribution in [-0.2, 0) is 28.4 Å². The first kappa shape index (κ1) is 15.2. The Hall–Kier alpha value is -0.790. The predicted octanol–water partition coefficient (Wildman–Crippen LogP) is 0.613. The van der Waals surface area contributed by atoms with Gasteiger partial charge in [0.05, 0.1) is 13.5 Å². The third-order valence-corrected chi connectivity index (χ3v) is 2.59. The third-order valence-electron chi connectivity index (χ3n) is 1.77. The second-order valence-corrected chi connectivity index (χ2v) is 4.58. The Morgan fingerprint density at radius 2 is 1.81 bits per heavy atom. The predicted molar refractivity (Wildman–Crippen MR) is 56.0 cm³/mol. The first-order valence-electron chi connectivity index (χ1n) is 4.89. The number of hydrogen-bond acceptors (Lipinski definition) is 6. The van der Waals surface area contributed by atoms with Gasteiger partial charge < -0.3 is 0 Å². The van der Waals surface area contributed by atoms with Crippen molar-refractivity contribution in [3.63, 3.8) is 0 Å². The molecule has 0 saturated carbocycles. The minimum absolute atomic E-state index is 0.203. The van der Waals surface area contributed by atoms with Crippen LogP contribution in [0.2, 0.25) is 0 Å². The van der Waals surface area contributed by atoms with Crippen molar-refractivity contribution >= 4 is 22.0 Å². The number of hydrogen-bond donors (Lipinski definition) is 0. The van der Waals surface area contributed by atoms with Gasteiger partial charge in [0, 0.05) is 6.42 Å². The highest BCUT2D eigenvalue weighted by atomic mass is 32.3. The fraction of sp³-hybridized carbons (Fsp3) is 0.778. The molecule has 7 heteroatoms. The molecule has 0 aliphatic carbocycles. The number of carbonyl (C=O) groups is 2. The Bertz CT molecular complexity index is 332. The maximum Gasteiger partial charge on any atom is 0.400 e. The lowest BCUT2D eigenvalue weighted by atomic mass is 10.1. The molecule has 0 aliphatic rings. The van der Waals surface area contributed by atoms with E-state index >= 15 is 0 Å². The molecule has 0 fully saturated rings. The molecule has 16 heavy (non-hydrogen) atoms. The topological polar surface area (TPSA) is 86.7 Å². The van der Waals surface area contributed by atoms with Crippen LogP contribution in [0.25, 0.3) is 0 Å². The second kappa shape index (κ2) is 7.48. The van der Waals surface area contributed by atoms with Crippen LogP contribution < -0.4 is 0 Å². The van der Waals surface area contributed by atoms with Gasteiger partial charge in [-0.1, -0.05) is 13.3 Å². The van der Waals surface area contributed by atoms with Crippen molar-refractivity contribution in [3.05, 3.63) is 0 Å². The van der Waals surface area contributed by atoms with Crippen LogP contribution in [0.4, 0.5) is 0 Å². The van der Waals surface area contributed by atoms with E-state index in [1.165, 1.54) is 0 Å². The third kappa shape index (κ3) is 7.49. The maximum absolute atomic E-state index is 11.1. The molecule has 0 amide bonds. The minimum Gasteiger partial charge on any atom is -0.299 e. The number of rotatable bonds is 9. The van der Waals surface area contributed by atoms with Crippen LogP contribution in [-0.4, -0.2) is 33.7 Å². The molecule has 0 bridgehead atoms. The van der Waals surface area contributed by atoms with E-state index in [0.29, 0.717) is 6.42 Å². The molecule has 6 nitrogen and oxygen atoms in total. The molecule has 0 aromatic carbocycles. The molecule has 0 aromatic heterocycles. The molecule has 0 radical (unpaired) electrons. The molecule has 0 aromatic rings. The Kier molecular flexibility index (Phi) is 7.11. The Labute approximate surface area is 95.3 Å². The monoisotopic (exact) mass is 252 g/mol. The van der Waals surface area contributed by atoms with Crippen molar-refractivity contribution < 1.29 is 26.4 Å². The Morgan fingerprint density at radius 1 is 1.19 bits per heavy atom. The van der Waals surface area contributed by atoms with E-state index in [4.69, 9.17) is 0 Å². The molecule has 0 spiro atoms. The van der Waals surface area contributed by atoms with E-state index in [0.717, 1.165) is 20.0 Å². The van der Waals surface area contributed by atoms with Gasteiger partial charge >= 0.3 is 10.4 Å². The minimum atomic E-state index is -4.10. The number of Topliss-reactive ketones (excluding diaryl/α,β-unsaturated/α-hetero) is 2. The van der Waals surface area contributed by atoms with Crippen molar-refractivity contribution in [1.29, 1.82) is 0 Å². The highest BCUT2D eigenvalue weighted by Crippen LogP contribution is 2.01. The van der Waals surface area contributed by atoms with Crippen molar-refractivity contribution in [2.45, 2.75) is 32.6 Å². The average Bonchev–Trinajstić information content (AvgIpc) is 2.24. The first-order valence-corrected chi connectivity index (χ1v) is 6.23. The van der Waals surface area contributed by atoms with Crippen LogP contribution >= 0.6 is 0 Å². The highest BCUT2D eigenvalue weighted by Gasteiger charge is 2.14. The quantitative estimate of drug-likeness (QED) is 0.559. The smallest absolute Gasteiger partial charge is 0.299 e. The normalized spacial score (nSPS) is 11.4. The summed E-state index contributed by atoms with van der Waals surface area (Å²) < 4.78 is 29.5. The Morgan fingerprint density at radius 3 is 2.31 bits per heavy atom. The molecule has 0 heterocycles. The zero-order valence-electron chi connectivity index (χ0n) is 9.39. The maximum atomic E-state index is 11.1. The number of carbonyl (C=O) groups excluding carboxylic acids is 2. The van der Waals surface area contributed by atoms with Gasteiger partial charge in [-0.3, -0.25) is 13.8 Å². The van der Waals surface area contributed by atoms with E-state index in [1.807, 2.05) is 6.92 Å². The summed E-state index contributed by atoms with van der Waals surface area (Å²) in [5, 5.41) is 0. The average molecular weight is 252 g/mol. The molecular weight excluding hydrogens is 236 g/mol. The highest BCUT2D eigenvalue weighted by molar-refractivity contribution is 7.81. The van der Waals surface area contributed by atoms with E-state index in [9.17, 15) is 18.0 Å². The summed E-state index contributed by atoms with van der Waals surface area (Å²) in [6, 6.07) is 0. The van der Waals surface area contributed by atoms with Crippen molar-refractivity contribution in [2.75, 3.05) is 13.7 Å². The molecule has 0 rings (SSSR count). The van der Waals surface area contributed by atoms with Gasteiger partial charge in [-0.2, -0.15) is 8.42 Å². The van der Waals surface area contributed by atoms with Gasteiger partial charge in [0.15, 0.2) is 5.78 Å². The lowest BCUT2D eigenvalue weighted by molar-refractivity contribution is -0.128. The number of unbranched alkanes of at least 4 members (excludes halogenated alkanes) is 1. The fourth-order valence-electron chi connectivity index (χ4n) is 0.919. The summed E-state index contributed by atoms with van der Waals surface area (Å²) in [4.78, 5) is 22.3. The summed E-state index contributed by atoms with van der Waals surface area (Å²) in [5.41, 5.74) is 0. The molecule has 0 saturated heterocycles. The summed E-state index contributed by atoms with van der Waals surface area (Å²) >= 11 is 0.